The zero-order chi connectivity index (χ0) is 16.1. The Morgan fingerprint density at radius 2 is 1.48 bits per heavy atom. The Morgan fingerprint density at radius 3 is 2.17 bits per heavy atom. The van der Waals surface area contributed by atoms with Crippen molar-refractivity contribution in [3.63, 3.8) is 0 Å². The van der Waals surface area contributed by atoms with Crippen LogP contribution in [0, 0.1) is 11.6 Å². The summed E-state index contributed by atoms with van der Waals surface area (Å²) >= 11 is 4.52. The van der Waals surface area contributed by atoms with Crippen molar-refractivity contribution in [2.45, 2.75) is 20.2 Å². The number of benzene rings is 2. The van der Waals surface area contributed by atoms with Gasteiger partial charge >= 0.3 is 0 Å². The number of thioether (sulfide) groups is 2. The lowest BCUT2D eigenvalue weighted by molar-refractivity contribution is 0.617. The minimum atomic E-state index is -0.235. The highest BCUT2D eigenvalue weighted by Gasteiger charge is 2.08. The average molecular weight is 366 g/mol. The number of halogens is 2. The second-order valence-corrected chi connectivity index (χ2v) is 8.05. The minimum absolute atomic E-state index is 0.199. The van der Waals surface area contributed by atoms with Crippen LogP contribution < -0.4 is 0 Å². The maximum atomic E-state index is 13.6. The standard InChI is InChI=1S/C16H12F2N2S3/c17-13-7-5-11(6-8-13)9-21-15-19-20-16(23-15)22-10-12-3-1-2-4-14(12)18/h1-8H,9-10H2. The molecule has 0 N–H and O–H groups in total. The topological polar surface area (TPSA) is 25.8 Å². The van der Waals surface area contributed by atoms with Crippen molar-refractivity contribution in [1.82, 2.24) is 10.2 Å². The fourth-order valence-electron chi connectivity index (χ4n) is 1.79. The Bertz CT molecular complexity index is 775. The molecule has 0 radical (unpaired) electrons. The summed E-state index contributed by atoms with van der Waals surface area (Å²) in [5.74, 6) is 0.813. The van der Waals surface area contributed by atoms with Crippen molar-refractivity contribution in [1.29, 1.82) is 0 Å². The molecule has 23 heavy (non-hydrogen) atoms. The third-order valence-electron chi connectivity index (χ3n) is 2.97. The zero-order valence-corrected chi connectivity index (χ0v) is 14.4. The third kappa shape index (κ3) is 4.76. The Morgan fingerprint density at radius 1 is 0.826 bits per heavy atom. The molecule has 0 bridgehead atoms. The Hall–Kier alpha value is -1.44. The van der Waals surface area contributed by atoms with Gasteiger partial charge in [0.2, 0.25) is 0 Å². The fraction of sp³-hybridized carbons (Fsp3) is 0.125. The molecule has 0 aliphatic rings. The van der Waals surface area contributed by atoms with Gasteiger partial charge in [-0.15, -0.1) is 10.2 Å². The van der Waals surface area contributed by atoms with Crippen LogP contribution in [0.1, 0.15) is 11.1 Å². The molecule has 2 aromatic carbocycles. The summed E-state index contributed by atoms with van der Waals surface area (Å²) in [6.45, 7) is 0. The van der Waals surface area contributed by atoms with Crippen molar-refractivity contribution in [3.8, 4) is 0 Å². The average Bonchev–Trinajstić information content (AvgIpc) is 3.02. The van der Waals surface area contributed by atoms with Gasteiger partial charge in [0.15, 0.2) is 8.68 Å². The molecule has 0 saturated heterocycles. The largest absolute Gasteiger partial charge is 0.207 e. The SMILES string of the molecule is Fc1ccc(CSc2nnc(SCc3ccccc3F)s2)cc1. The van der Waals surface area contributed by atoms with Crippen molar-refractivity contribution < 1.29 is 8.78 Å². The predicted molar refractivity (Wildman–Crippen MR) is 91.8 cm³/mol. The highest BCUT2D eigenvalue weighted by molar-refractivity contribution is 8.02. The van der Waals surface area contributed by atoms with Crippen LogP contribution in [0.2, 0.25) is 0 Å². The molecule has 2 nitrogen and oxygen atoms in total. The molecule has 118 valence electrons. The Balaban J connectivity index is 1.53. The molecule has 3 rings (SSSR count). The van der Waals surface area contributed by atoms with Crippen LogP contribution in [0.25, 0.3) is 0 Å². The van der Waals surface area contributed by atoms with E-state index in [9.17, 15) is 8.78 Å². The van der Waals surface area contributed by atoms with Crippen LogP contribution in [0.5, 0.6) is 0 Å². The lowest BCUT2D eigenvalue weighted by Gasteiger charge is -1.99. The molecule has 0 aliphatic carbocycles. The van der Waals surface area contributed by atoms with Crippen LogP contribution in [0.3, 0.4) is 0 Å². The van der Waals surface area contributed by atoms with Gasteiger partial charge in [0.1, 0.15) is 11.6 Å². The van der Waals surface area contributed by atoms with E-state index in [0.29, 0.717) is 17.1 Å². The number of aromatic nitrogens is 2. The first-order valence-electron chi connectivity index (χ1n) is 6.77. The van der Waals surface area contributed by atoms with Gasteiger partial charge in [-0.1, -0.05) is 65.2 Å². The number of rotatable bonds is 6. The summed E-state index contributed by atoms with van der Waals surface area (Å²) in [4.78, 5) is 0. The lowest BCUT2D eigenvalue weighted by Crippen LogP contribution is -1.85. The molecule has 7 heteroatoms. The zero-order valence-electron chi connectivity index (χ0n) is 11.9. The van der Waals surface area contributed by atoms with E-state index >= 15 is 0 Å². The Labute approximate surface area is 145 Å². The van der Waals surface area contributed by atoms with Crippen molar-refractivity contribution in [2.24, 2.45) is 0 Å². The quantitative estimate of drug-likeness (QED) is 0.546. The minimum Gasteiger partial charge on any atom is -0.207 e. The maximum Gasteiger partial charge on any atom is 0.175 e. The van der Waals surface area contributed by atoms with Crippen molar-refractivity contribution in [3.05, 3.63) is 71.3 Å². The van der Waals surface area contributed by atoms with Crippen molar-refractivity contribution in [2.75, 3.05) is 0 Å². The molecule has 3 aromatic rings. The van der Waals surface area contributed by atoms with Gasteiger partial charge < -0.3 is 0 Å². The van der Waals surface area contributed by atoms with Gasteiger partial charge in [0, 0.05) is 11.5 Å². The van der Waals surface area contributed by atoms with E-state index in [2.05, 4.69) is 10.2 Å². The first-order chi connectivity index (χ1) is 11.2. The van der Waals surface area contributed by atoms with E-state index in [1.807, 2.05) is 6.07 Å². The van der Waals surface area contributed by atoms with Crippen LogP contribution in [-0.2, 0) is 11.5 Å². The molecule has 0 saturated carbocycles. The first kappa shape index (κ1) is 16.4. The Kier molecular flexibility index (Phi) is 5.64. The molecule has 1 aromatic heterocycles. The molecule has 0 spiro atoms. The fourth-order valence-corrected chi connectivity index (χ4v) is 4.76. The summed E-state index contributed by atoms with van der Waals surface area (Å²) < 4.78 is 28.1. The van der Waals surface area contributed by atoms with Crippen LogP contribution in [0.15, 0.2) is 57.2 Å². The second-order valence-electron chi connectivity index (χ2n) is 4.63. The summed E-state index contributed by atoms with van der Waals surface area (Å²) in [7, 11) is 0. The summed E-state index contributed by atoms with van der Waals surface area (Å²) in [5, 5.41) is 8.24. The van der Waals surface area contributed by atoms with E-state index in [1.54, 1.807) is 36.0 Å². The van der Waals surface area contributed by atoms with E-state index in [1.165, 1.54) is 41.3 Å². The molecular weight excluding hydrogens is 354 g/mol. The number of nitrogens with zero attached hydrogens (tertiary/aromatic N) is 2. The normalized spacial score (nSPS) is 10.9. The molecule has 0 atom stereocenters. The summed E-state index contributed by atoms with van der Waals surface area (Å²) in [6.07, 6.45) is 0. The monoisotopic (exact) mass is 366 g/mol. The van der Waals surface area contributed by atoms with Gasteiger partial charge in [-0.3, -0.25) is 0 Å². The number of hydrogen-bond donors (Lipinski definition) is 0. The molecule has 0 aliphatic heterocycles. The second kappa shape index (κ2) is 7.90. The van der Waals surface area contributed by atoms with E-state index < -0.39 is 0 Å². The summed E-state index contributed by atoms with van der Waals surface area (Å²) in [6, 6.07) is 13.2. The molecular formula is C16H12F2N2S3. The number of hydrogen-bond acceptors (Lipinski definition) is 5. The van der Waals surface area contributed by atoms with Crippen LogP contribution in [0.4, 0.5) is 8.78 Å². The molecule has 1 heterocycles. The van der Waals surface area contributed by atoms with Gasteiger partial charge in [0.25, 0.3) is 0 Å². The molecule has 0 amide bonds. The maximum absolute atomic E-state index is 13.6. The van der Waals surface area contributed by atoms with Gasteiger partial charge in [0.05, 0.1) is 0 Å². The molecule has 0 fully saturated rings. The highest BCUT2D eigenvalue weighted by atomic mass is 32.2. The van der Waals surface area contributed by atoms with Gasteiger partial charge in [-0.05, 0) is 29.3 Å². The lowest BCUT2D eigenvalue weighted by atomic mass is 10.2. The molecule has 0 unspecified atom stereocenters. The van der Waals surface area contributed by atoms with E-state index in [0.717, 1.165) is 14.2 Å². The van der Waals surface area contributed by atoms with Crippen molar-refractivity contribution >= 4 is 34.9 Å². The van der Waals surface area contributed by atoms with E-state index in [4.69, 9.17) is 0 Å². The van der Waals surface area contributed by atoms with Crippen LogP contribution >= 0.6 is 34.9 Å². The van der Waals surface area contributed by atoms with Crippen LogP contribution in [-0.4, -0.2) is 10.2 Å². The third-order valence-corrected chi connectivity index (χ3v) is 6.28. The summed E-state index contributed by atoms with van der Waals surface area (Å²) in [5.41, 5.74) is 1.69. The smallest absolute Gasteiger partial charge is 0.175 e. The highest BCUT2D eigenvalue weighted by Crippen LogP contribution is 2.32. The predicted octanol–water partition coefficient (Wildman–Crippen LogP) is 5.40. The first-order valence-corrected chi connectivity index (χ1v) is 9.56. The van der Waals surface area contributed by atoms with Gasteiger partial charge in [-0.25, -0.2) is 8.78 Å². The van der Waals surface area contributed by atoms with E-state index in [-0.39, 0.29) is 11.6 Å². The van der Waals surface area contributed by atoms with Gasteiger partial charge in [-0.2, -0.15) is 0 Å².